The first-order valence-corrected chi connectivity index (χ1v) is 5.27. The van der Waals surface area contributed by atoms with E-state index in [1.54, 1.807) is 16.9 Å². The Labute approximate surface area is 97.9 Å². The Hall–Kier alpha value is -1.75. The number of hydrogen-bond acceptors (Lipinski definition) is 2. The smallest absolute Gasteiger partial charge is 0.159 e. The van der Waals surface area contributed by atoms with E-state index in [1.807, 2.05) is 6.92 Å². The van der Waals surface area contributed by atoms with E-state index >= 15 is 0 Å². The summed E-state index contributed by atoms with van der Waals surface area (Å²) in [5.41, 5.74) is 8.10. The first kappa shape index (κ1) is 11.7. The van der Waals surface area contributed by atoms with Gasteiger partial charge in [-0.1, -0.05) is 6.07 Å². The van der Waals surface area contributed by atoms with Crippen LogP contribution in [0.2, 0.25) is 0 Å². The molecule has 0 aliphatic carbocycles. The maximum atomic E-state index is 13.0. The molecule has 2 rings (SSSR count). The third kappa shape index (κ3) is 2.34. The van der Waals surface area contributed by atoms with Crippen molar-refractivity contribution in [3.8, 4) is 0 Å². The molecule has 2 N–H and O–H groups in total. The number of nitrogens with two attached hydrogens (primary N) is 1. The lowest BCUT2D eigenvalue weighted by atomic mass is 10.2. The molecule has 3 nitrogen and oxygen atoms in total. The minimum absolute atomic E-state index is 0.406. The highest BCUT2D eigenvalue weighted by molar-refractivity contribution is 5.21. The van der Waals surface area contributed by atoms with Gasteiger partial charge < -0.3 is 5.73 Å². The van der Waals surface area contributed by atoms with Crippen LogP contribution in [0.15, 0.2) is 24.4 Å². The average molecular weight is 237 g/mol. The first-order chi connectivity index (χ1) is 8.11. The maximum Gasteiger partial charge on any atom is 0.159 e. The maximum absolute atomic E-state index is 13.0. The summed E-state index contributed by atoms with van der Waals surface area (Å²) in [5.74, 6) is -1.68. The van der Waals surface area contributed by atoms with Crippen molar-refractivity contribution in [2.45, 2.75) is 20.0 Å². The molecule has 2 aromatic rings. The Morgan fingerprint density at radius 2 is 2.06 bits per heavy atom. The molecule has 0 atom stereocenters. The number of rotatable bonds is 3. The van der Waals surface area contributed by atoms with E-state index in [9.17, 15) is 8.78 Å². The van der Waals surface area contributed by atoms with Gasteiger partial charge in [0.15, 0.2) is 11.6 Å². The van der Waals surface area contributed by atoms with E-state index in [0.717, 1.165) is 17.3 Å². The van der Waals surface area contributed by atoms with Gasteiger partial charge >= 0.3 is 0 Å². The normalized spacial score (nSPS) is 10.8. The quantitative estimate of drug-likeness (QED) is 0.887. The zero-order chi connectivity index (χ0) is 12.4. The van der Waals surface area contributed by atoms with Crippen LogP contribution in [0.3, 0.4) is 0 Å². The summed E-state index contributed by atoms with van der Waals surface area (Å²) in [4.78, 5) is 0. The van der Waals surface area contributed by atoms with Crippen molar-refractivity contribution < 1.29 is 8.78 Å². The van der Waals surface area contributed by atoms with Crippen LogP contribution in [0, 0.1) is 18.6 Å². The molecule has 0 unspecified atom stereocenters. The van der Waals surface area contributed by atoms with E-state index in [-0.39, 0.29) is 0 Å². The molecule has 90 valence electrons. The lowest BCUT2D eigenvalue weighted by molar-refractivity contribution is 0.505. The Morgan fingerprint density at radius 3 is 2.65 bits per heavy atom. The van der Waals surface area contributed by atoms with Crippen molar-refractivity contribution in [2.24, 2.45) is 5.73 Å². The van der Waals surface area contributed by atoms with E-state index < -0.39 is 11.6 Å². The van der Waals surface area contributed by atoms with Gasteiger partial charge in [-0.25, -0.2) is 8.78 Å². The molecule has 0 radical (unpaired) electrons. The van der Waals surface area contributed by atoms with Crippen LogP contribution in [0.5, 0.6) is 0 Å². The number of benzene rings is 1. The monoisotopic (exact) mass is 237 g/mol. The molecule has 5 heteroatoms. The fourth-order valence-corrected chi connectivity index (χ4v) is 1.66. The van der Waals surface area contributed by atoms with Gasteiger partial charge in [0, 0.05) is 17.8 Å². The van der Waals surface area contributed by atoms with E-state index in [4.69, 9.17) is 5.73 Å². The van der Waals surface area contributed by atoms with Gasteiger partial charge in [-0.2, -0.15) is 5.10 Å². The van der Waals surface area contributed by atoms with Gasteiger partial charge in [0.2, 0.25) is 0 Å². The van der Waals surface area contributed by atoms with Crippen LogP contribution in [0.1, 0.15) is 16.8 Å². The first-order valence-electron chi connectivity index (χ1n) is 5.27. The fraction of sp³-hybridized carbons (Fsp3) is 0.250. The minimum Gasteiger partial charge on any atom is -0.326 e. The SMILES string of the molecule is Cc1c(CN)cnn1Cc1ccc(F)c(F)c1. The summed E-state index contributed by atoms with van der Waals surface area (Å²) in [6.45, 7) is 2.72. The van der Waals surface area contributed by atoms with Crippen LogP contribution in [-0.2, 0) is 13.1 Å². The second kappa shape index (κ2) is 4.63. The van der Waals surface area contributed by atoms with E-state index in [2.05, 4.69) is 5.10 Å². The Kier molecular flexibility index (Phi) is 3.19. The molecule has 0 amide bonds. The second-order valence-corrected chi connectivity index (χ2v) is 3.87. The van der Waals surface area contributed by atoms with Gasteiger partial charge in [-0.15, -0.1) is 0 Å². The van der Waals surface area contributed by atoms with Crippen molar-refractivity contribution in [1.29, 1.82) is 0 Å². The van der Waals surface area contributed by atoms with Gasteiger partial charge in [0.1, 0.15) is 0 Å². The highest BCUT2D eigenvalue weighted by Crippen LogP contribution is 2.12. The number of nitrogens with zero attached hydrogens (tertiary/aromatic N) is 2. The largest absolute Gasteiger partial charge is 0.326 e. The third-order valence-electron chi connectivity index (χ3n) is 2.74. The standard InChI is InChI=1S/C12H13F2N3/c1-8-10(5-15)6-16-17(8)7-9-2-3-11(13)12(14)4-9/h2-4,6H,5,7,15H2,1H3. The Morgan fingerprint density at radius 1 is 1.29 bits per heavy atom. The molecule has 0 aliphatic rings. The molecule has 0 spiro atoms. The summed E-state index contributed by atoms with van der Waals surface area (Å²) in [7, 11) is 0. The highest BCUT2D eigenvalue weighted by Gasteiger charge is 2.07. The van der Waals surface area contributed by atoms with Crippen LogP contribution in [0.25, 0.3) is 0 Å². The van der Waals surface area contributed by atoms with Crippen molar-refractivity contribution in [2.75, 3.05) is 0 Å². The van der Waals surface area contributed by atoms with Gasteiger partial charge in [-0.05, 0) is 24.6 Å². The van der Waals surface area contributed by atoms with E-state index in [0.29, 0.717) is 18.7 Å². The molecular weight excluding hydrogens is 224 g/mol. The van der Waals surface area contributed by atoms with Crippen molar-refractivity contribution in [1.82, 2.24) is 9.78 Å². The lowest BCUT2D eigenvalue weighted by Gasteiger charge is -2.06. The summed E-state index contributed by atoms with van der Waals surface area (Å²) in [5, 5.41) is 4.15. The molecular formula is C12H13F2N3. The molecule has 0 saturated heterocycles. The lowest BCUT2D eigenvalue weighted by Crippen LogP contribution is -2.06. The van der Waals surface area contributed by atoms with Crippen molar-refractivity contribution in [3.63, 3.8) is 0 Å². The number of halogens is 2. The number of hydrogen-bond donors (Lipinski definition) is 1. The van der Waals surface area contributed by atoms with E-state index in [1.165, 1.54) is 6.07 Å². The van der Waals surface area contributed by atoms with Crippen LogP contribution < -0.4 is 5.73 Å². The van der Waals surface area contributed by atoms with Gasteiger partial charge in [0.25, 0.3) is 0 Å². The molecule has 1 aromatic heterocycles. The molecule has 1 aromatic carbocycles. The third-order valence-corrected chi connectivity index (χ3v) is 2.74. The predicted molar refractivity (Wildman–Crippen MR) is 60.3 cm³/mol. The minimum atomic E-state index is -0.841. The van der Waals surface area contributed by atoms with Crippen LogP contribution in [-0.4, -0.2) is 9.78 Å². The Balaban J connectivity index is 2.25. The summed E-state index contributed by atoms with van der Waals surface area (Å²) in [6.07, 6.45) is 1.69. The van der Waals surface area contributed by atoms with Crippen molar-refractivity contribution in [3.05, 3.63) is 52.9 Å². The van der Waals surface area contributed by atoms with Crippen LogP contribution >= 0.6 is 0 Å². The summed E-state index contributed by atoms with van der Waals surface area (Å²) < 4.78 is 27.5. The van der Waals surface area contributed by atoms with Gasteiger partial charge in [-0.3, -0.25) is 4.68 Å². The Bertz CT molecular complexity index is 535. The van der Waals surface area contributed by atoms with Gasteiger partial charge in [0.05, 0.1) is 12.7 Å². The number of aromatic nitrogens is 2. The fourth-order valence-electron chi connectivity index (χ4n) is 1.66. The zero-order valence-corrected chi connectivity index (χ0v) is 9.45. The second-order valence-electron chi connectivity index (χ2n) is 3.87. The molecule has 0 fully saturated rings. The summed E-state index contributed by atoms with van der Waals surface area (Å²) in [6, 6.07) is 3.84. The zero-order valence-electron chi connectivity index (χ0n) is 9.45. The molecule has 0 aliphatic heterocycles. The topological polar surface area (TPSA) is 43.8 Å². The molecule has 1 heterocycles. The molecule has 17 heavy (non-hydrogen) atoms. The molecule has 0 bridgehead atoms. The average Bonchev–Trinajstić information content (AvgIpc) is 2.65. The highest BCUT2D eigenvalue weighted by atomic mass is 19.2. The van der Waals surface area contributed by atoms with Crippen molar-refractivity contribution >= 4 is 0 Å². The summed E-state index contributed by atoms with van der Waals surface area (Å²) >= 11 is 0. The van der Waals surface area contributed by atoms with Crippen LogP contribution in [0.4, 0.5) is 8.78 Å². The predicted octanol–water partition coefficient (Wildman–Crippen LogP) is 1.98. The molecule has 0 saturated carbocycles.